The van der Waals surface area contributed by atoms with E-state index in [2.05, 4.69) is 0 Å². The summed E-state index contributed by atoms with van der Waals surface area (Å²) in [6.45, 7) is 0.941. The summed E-state index contributed by atoms with van der Waals surface area (Å²) in [5, 5.41) is 1.93. The zero-order valence-corrected chi connectivity index (χ0v) is 11.5. The van der Waals surface area contributed by atoms with Crippen LogP contribution in [0.15, 0.2) is 46.0 Å². The third kappa shape index (κ3) is 3.66. The molecule has 3 nitrogen and oxygen atoms in total. The van der Waals surface area contributed by atoms with Crippen LogP contribution in [-0.2, 0) is 17.3 Å². The molecule has 0 bridgehead atoms. The summed E-state index contributed by atoms with van der Waals surface area (Å²) in [5.74, 6) is 1.29. The molecule has 0 saturated heterocycles. The quantitative estimate of drug-likeness (QED) is 0.884. The first-order valence-electron chi connectivity index (χ1n) is 5.63. The van der Waals surface area contributed by atoms with Crippen molar-refractivity contribution in [3.8, 4) is 5.75 Å². The second-order valence-corrected chi connectivity index (χ2v) is 6.43. The van der Waals surface area contributed by atoms with Crippen molar-refractivity contribution in [2.75, 3.05) is 12.4 Å². The normalized spacial score (nSPS) is 12.3. The summed E-state index contributed by atoms with van der Waals surface area (Å²) >= 11 is 1.51. The van der Waals surface area contributed by atoms with E-state index in [1.54, 1.807) is 0 Å². The number of hydrogen-bond acceptors (Lipinski definition) is 4. The Morgan fingerprint density at radius 3 is 2.89 bits per heavy atom. The summed E-state index contributed by atoms with van der Waals surface area (Å²) in [6.07, 6.45) is 0. The molecule has 2 rings (SSSR count). The zero-order chi connectivity index (χ0) is 12.8. The van der Waals surface area contributed by atoms with Gasteiger partial charge in [-0.05, 0) is 29.1 Å². The highest BCUT2D eigenvalue weighted by atomic mass is 32.2. The van der Waals surface area contributed by atoms with Crippen molar-refractivity contribution in [3.05, 3.63) is 47.3 Å². The summed E-state index contributed by atoms with van der Waals surface area (Å²) < 4.78 is 18.3. The van der Waals surface area contributed by atoms with Crippen molar-refractivity contribution in [2.45, 2.75) is 10.8 Å². The molecule has 2 N–H and O–H groups in total. The molecule has 0 aliphatic rings. The zero-order valence-electron chi connectivity index (χ0n) is 9.87. The van der Waals surface area contributed by atoms with Crippen LogP contribution in [0.5, 0.6) is 5.75 Å². The van der Waals surface area contributed by atoms with Crippen molar-refractivity contribution >= 4 is 22.1 Å². The molecule has 0 saturated carbocycles. The number of benzene rings is 1. The average Bonchev–Trinajstić information content (AvgIpc) is 2.93. The molecule has 0 amide bonds. The van der Waals surface area contributed by atoms with Gasteiger partial charge in [0.1, 0.15) is 12.4 Å². The predicted molar refractivity (Wildman–Crippen MR) is 75.4 cm³/mol. The lowest BCUT2D eigenvalue weighted by atomic mass is 10.2. The molecule has 0 aliphatic heterocycles. The summed E-state index contributed by atoms with van der Waals surface area (Å²) in [6, 6.07) is 11.4. The first-order valence-corrected chi connectivity index (χ1v) is 7.83. The van der Waals surface area contributed by atoms with Gasteiger partial charge in [-0.2, -0.15) is 0 Å². The van der Waals surface area contributed by atoms with Crippen LogP contribution < -0.4 is 10.5 Å². The molecule has 18 heavy (non-hydrogen) atoms. The van der Waals surface area contributed by atoms with Crippen LogP contribution in [0.3, 0.4) is 0 Å². The lowest BCUT2D eigenvalue weighted by molar-refractivity contribution is 0.342. The van der Waals surface area contributed by atoms with Crippen molar-refractivity contribution in [3.63, 3.8) is 0 Å². The van der Waals surface area contributed by atoms with Gasteiger partial charge in [-0.15, -0.1) is 11.3 Å². The number of thiophene rings is 1. The minimum Gasteiger partial charge on any atom is -0.493 e. The molecular weight excluding hydrogens is 266 g/mol. The van der Waals surface area contributed by atoms with E-state index in [9.17, 15) is 4.21 Å². The fourth-order valence-corrected chi connectivity index (χ4v) is 3.45. The molecule has 1 unspecified atom stereocenters. The van der Waals surface area contributed by atoms with Crippen LogP contribution in [0.1, 0.15) is 5.56 Å². The smallest absolute Gasteiger partial charge is 0.119 e. The van der Waals surface area contributed by atoms with Gasteiger partial charge in [0.05, 0.1) is 20.8 Å². The molecule has 0 radical (unpaired) electrons. The first kappa shape index (κ1) is 13.3. The Bertz CT molecular complexity index is 511. The van der Waals surface area contributed by atoms with E-state index in [4.69, 9.17) is 10.5 Å². The SMILES string of the molecule is NCc1cccc(OCCS(=O)c2cccs2)c1. The standard InChI is InChI=1S/C13H15NO2S2/c14-10-11-3-1-4-12(9-11)16-6-8-18(15)13-5-2-7-17-13/h1-5,7,9H,6,8,10,14H2. The lowest BCUT2D eigenvalue weighted by Crippen LogP contribution is -2.08. The Morgan fingerprint density at radius 2 is 2.17 bits per heavy atom. The molecule has 1 heterocycles. The molecule has 2 aromatic rings. The monoisotopic (exact) mass is 281 g/mol. The summed E-state index contributed by atoms with van der Waals surface area (Å²) in [4.78, 5) is 0. The lowest BCUT2D eigenvalue weighted by Gasteiger charge is -2.06. The van der Waals surface area contributed by atoms with E-state index in [0.717, 1.165) is 15.5 Å². The molecule has 0 spiro atoms. The predicted octanol–water partition coefficient (Wildman–Crippen LogP) is 2.39. The number of ether oxygens (including phenoxy) is 1. The van der Waals surface area contributed by atoms with Crippen molar-refractivity contribution < 1.29 is 8.95 Å². The van der Waals surface area contributed by atoms with Gasteiger partial charge in [0.2, 0.25) is 0 Å². The second-order valence-electron chi connectivity index (χ2n) is 3.68. The maximum absolute atomic E-state index is 11.8. The molecule has 1 atom stereocenters. The van der Waals surface area contributed by atoms with Gasteiger partial charge in [-0.3, -0.25) is 4.21 Å². The molecule has 0 aliphatic carbocycles. The van der Waals surface area contributed by atoms with Crippen molar-refractivity contribution in [1.82, 2.24) is 0 Å². The summed E-state index contributed by atoms with van der Waals surface area (Å²) in [5.41, 5.74) is 6.59. The average molecular weight is 281 g/mol. The van der Waals surface area contributed by atoms with Crippen LogP contribution >= 0.6 is 11.3 Å². The first-order chi connectivity index (χ1) is 8.79. The van der Waals surface area contributed by atoms with Gasteiger partial charge in [-0.25, -0.2) is 0 Å². The van der Waals surface area contributed by atoms with Crippen LogP contribution in [0.25, 0.3) is 0 Å². The van der Waals surface area contributed by atoms with Gasteiger partial charge in [0, 0.05) is 6.54 Å². The van der Waals surface area contributed by atoms with Crippen molar-refractivity contribution in [2.24, 2.45) is 5.73 Å². The third-order valence-electron chi connectivity index (χ3n) is 2.39. The molecule has 1 aromatic heterocycles. The van der Waals surface area contributed by atoms with E-state index in [1.165, 1.54) is 11.3 Å². The summed E-state index contributed by atoms with van der Waals surface area (Å²) in [7, 11) is -0.964. The molecule has 5 heteroatoms. The highest BCUT2D eigenvalue weighted by Gasteiger charge is 2.05. The second kappa shape index (κ2) is 6.68. The Balaban J connectivity index is 1.83. The molecule has 96 valence electrons. The largest absolute Gasteiger partial charge is 0.493 e. The Kier molecular flexibility index (Phi) is 4.92. The minimum absolute atomic E-state index is 0.443. The fraction of sp³-hybridized carbons (Fsp3) is 0.231. The highest BCUT2D eigenvalue weighted by molar-refractivity contribution is 7.87. The van der Waals surface area contributed by atoms with E-state index in [0.29, 0.717) is 18.9 Å². The minimum atomic E-state index is -0.964. The fourth-order valence-electron chi connectivity index (χ4n) is 1.49. The van der Waals surface area contributed by atoms with Gasteiger partial charge in [0.15, 0.2) is 0 Å². The number of rotatable bonds is 6. The Labute approximate surface area is 113 Å². The van der Waals surface area contributed by atoms with Gasteiger partial charge in [-0.1, -0.05) is 18.2 Å². The van der Waals surface area contributed by atoms with E-state index >= 15 is 0 Å². The highest BCUT2D eigenvalue weighted by Crippen LogP contribution is 2.15. The molecule has 1 aromatic carbocycles. The van der Waals surface area contributed by atoms with E-state index < -0.39 is 10.8 Å². The van der Waals surface area contributed by atoms with E-state index in [1.807, 2.05) is 41.8 Å². The third-order valence-corrected chi connectivity index (χ3v) is 5.02. The topological polar surface area (TPSA) is 52.3 Å². The van der Waals surface area contributed by atoms with Crippen LogP contribution in [0.2, 0.25) is 0 Å². The number of nitrogens with two attached hydrogens (primary N) is 1. The molecular formula is C13H15NO2S2. The Morgan fingerprint density at radius 1 is 1.28 bits per heavy atom. The Hall–Kier alpha value is -1.17. The van der Waals surface area contributed by atoms with Crippen LogP contribution in [0, 0.1) is 0 Å². The molecule has 0 fully saturated rings. The van der Waals surface area contributed by atoms with Crippen LogP contribution in [0.4, 0.5) is 0 Å². The van der Waals surface area contributed by atoms with Gasteiger partial charge < -0.3 is 10.5 Å². The maximum Gasteiger partial charge on any atom is 0.119 e. The van der Waals surface area contributed by atoms with Gasteiger partial charge in [0.25, 0.3) is 0 Å². The van der Waals surface area contributed by atoms with Crippen LogP contribution in [-0.4, -0.2) is 16.6 Å². The van der Waals surface area contributed by atoms with Crippen molar-refractivity contribution in [1.29, 1.82) is 0 Å². The number of hydrogen-bond donors (Lipinski definition) is 1. The van der Waals surface area contributed by atoms with Gasteiger partial charge >= 0.3 is 0 Å². The maximum atomic E-state index is 11.8. The van der Waals surface area contributed by atoms with E-state index in [-0.39, 0.29) is 0 Å².